The van der Waals surface area contributed by atoms with Gasteiger partial charge < -0.3 is 5.11 Å². The fraction of sp³-hybridized carbons (Fsp3) is 1.00. The van der Waals surface area contributed by atoms with E-state index in [1.54, 1.807) is 0 Å². The van der Waals surface area contributed by atoms with Crippen LogP contribution in [-0.2, 0) is 0 Å². The van der Waals surface area contributed by atoms with Gasteiger partial charge in [-0.15, -0.1) is 0 Å². The molecule has 1 heteroatoms. The Labute approximate surface area is 105 Å². The number of fused-ring (bicyclic) bond motifs is 5. The number of aliphatic hydroxyl groups is 1. The number of hydrogen-bond acceptors (Lipinski definition) is 1. The van der Waals surface area contributed by atoms with E-state index in [4.69, 9.17) is 0 Å². The molecule has 0 saturated heterocycles. The molecule has 4 aliphatic rings. The van der Waals surface area contributed by atoms with Crippen LogP contribution in [0.4, 0.5) is 0 Å². The Hall–Kier alpha value is -0.0400. The highest BCUT2D eigenvalue weighted by Crippen LogP contribution is 2.65. The monoisotopic (exact) mass is 234 g/mol. The molecular weight excluding hydrogens is 208 g/mol. The van der Waals surface area contributed by atoms with E-state index in [1.807, 2.05) is 0 Å². The van der Waals surface area contributed by atoms with Gasteiger partial charge in [-0.05, 0) is 68.1 Å². The lowest BCUT2D eigenvalue weighted by Crippen LogP contribution is -2.48. The van der Waals surface area contributed by atoms with Gasteiger partial charge in [0.15, 0.2) is 0 Å². The van der Waals surface area contributed by atoms with Gasteiger partial charge in [-0.1, -0.05) is 25.7 Å². The summed E-state index contributed by atoms with van der Waals surface area (Å²) in [6.07, 6.45) is 13.7. The molecule has 1 nitrogen and oxygen atoms in total. The van der Waals surface area contributed by atoms with Crippen LogP contribution in [0.3, 0.4) is 0 Å². The zero-order chi connectivity index (χ0) is 11.5. The third-order valence-electron chi connectivity index (χ3n) is 6.85. The van der Waals surface area contributed by atoms with E-state index in [0.717, 1.165) is 17.8 Å². The lowest BCUT2D eigenvalue weighted by Gasteiger charge is -2.45. The topological polar surface area (TPSA) is 20.2 Å². The highest BCUT2D eigenvalue weighted by molar-refractivity contribution is 5.12. The van der Waals surface area contributed by atoms with Crippen molar-refractivity contribution in [2.24, 2.45) is 29.6 Å². The Balaban J connectivity index is 1.59. The fourth-order valence-corrected chi connectivity index (χ4v) is 6.23. The highest BCUT2D eigenvalue weighted by Gasteiger charge is 2.62. The maximum absolute atomic E-state index is 11.3. The third kappa shape index (κ3) is 1.41. The second kappa shape index (κ2) is 3.73. The van der Waals surface area contributed by atoms with E-state index < -0.39 is 0 Å². The lowest BCUT2D eigenvalue weighted by molar-refractivity contribution is -0.100. The summed E-state index contributed by atoms with van der Waals surface area (Å²) in [4.78, 5) is 0. The van der Waals surface area contributed by atoms with Gasteiger partial charge in [0.1, 0.15) is 0 Å². The predicted molar refractivity (Wildman–Crippen MR) is 68.6 cm³/mol. The quantitative estimate of drug-likeness (QED) is 0.732. The van der Waals surface area contributed by atoms with Crippen molar-refractivity contribution < 1.29 is 5.11 Å². The first-order valence-corrected chi connectivity index (χ1v) is 8.01. The third-order valence-corrected chi connectivity index (χ3v) is 6.85. The first-order chi connectivity index (χ1) is 8.29. The van der Waals surface area contributed by atoms with Crippen LogP contribution in [0.2, 0.25) is 0 Å². The summed E-state index contributed by atoms with van der Waals surface area (Å²) < 4.78 is 0. The molecule has 4 saturated carbocycles. The Bertz CT molecular complexity index is 307. The summed E-state index contributed by atoms with van der Waals surface area (Å²) in [6.45, 7) is 0. The second-order valence-electron chi connectivity index (χ2n) is 7.39. The smallest absolute Gasteiger partial charge is 0.0709 e. The van der Waals surface area contributed by atoms with E-state index >= 15 is 0 Å². The van der Waals surface area contributed by atoms with Gasteiger partial charge in [0.25, 0.3) is 0 Å². The van der Waals surface area contributed by atoms with Crippen molar-refractivity contribution in [1.29, 1.82) is 0 Å². The van der Waals surface area contributed by atoms with E-state index in [1.165, 1.54) is 64.2 Å². The van der Waals surface area contributed by atoms with Gasteiger partial charge in [-0.3, -0.25) is 0 Å². The summed E-state index contributed by atoms with van der Waals surface area (Å²) in [5, 5.41) is 11.3. The van der Waals surface area contributed by atoms with Gasteiger partial charge in [0, 0.05) is 0 Å². The van der Waals surface area contributed by atoms with Gasteiger partial charge >= 0.3 is 0 Å². The van der Waals surface area contributed by atoms with E-state index in [9.17, 15) is 5.11 Å². The van der Waals surface area contributed by atoms with Crippen molar-refractivity contribution in [2.75, 3.05) is 0 Å². The zero-order valence-corrected chi connectivity index (χ0v) is 10.9. The summed E-state index contributed by atoms with van der Waals surface area (Å²) >= 11 is 0. The molecule has 0 aliphatic heterocycles. The van der Waals surface area contributed by atoms with Crippen LogP contribution in [0, 0.1) is 29.6 Å². The molecule has 2 bridgehead atoms. The van der Waals surface area contributed by atoms with Crippen LogP contribution in [0.25, 0.3) is 0 Å². The van der Waals surface area contributed by atoms with Crippen molar-refractivity contribution in [3.8, 4) is 0 Å². The maximum Gasteiger partial charge on any atom is 0.0709 e. The van der Waals surface area contributed by atoms with Crippen LogP contribution in [0.5, 0.6) is 0 Å². The summed E-state index contributed by atoms with van der Waals surface area (Å²) in [5.41, 5.74) is -0.226. The Morgan fingerprint density at radius 2 is 1.59 bits per heavy atom. The number of hydrogen-bond donors (Lipinski definition) is 1. The van der Waals surface area contributed by atoms with Crippen LogP contribution in [0.15, 0.2) is 0 Å². The molecule has 5 atom stereocenters. The minimum Gasteiger partial charge on any atom is -0.389 e. The molecular formula is C16H26O. The molecule has 4 fully saturated rings. The molecule has 0 aromatic heterocycles. The van der Waals surface area contributed by atoms with Gasteiger partial charge in [-0.25, -0.2) is 0 Å². The molecule has 4 rings (SSSR count). The molecule has 0 heterocycles. The van der Waals surface area contributed by atoms with Gasteiger partial charge in [-0.2, -0.15) is 0 Å². The van der Waals surface area contributed by atoms with E-state index in [2.05, 4.69) is 0 Å². The SMILES string of the molecule is OC1(C2CCCCC2)CC2CC1C1CCCC21. The van der Waals surface area contributed by atoms with Crippen molar-refractivity contribution in [3.05, 3.63) is 0 Å². The first kappa shape index (κ1) is 10.8. The molecule has 4 aliphatic carbocycles. The minimum atomic E-state index is -0.226. The highest BCUT2D eigenvalue weighted by atomic mass is 16.3. The van der Waals surface area contributed by atoms with Crippen LogP contribution < -0.4 is 0 Å². The maximum atomic E-state index is 11.3. The standard InChI is InChI=1S/C16H26O/c17-16(12-5-2-1-3-6-12)10-11-9-15(16)14-8-4-7-13(11)14/h11-15,17H,1-10H2. The van der Waals surface area contributed by atoms with Crippen LogP contribution in [0.1, 0.15) is 64.2 Å². The van der Waals surface area contributed by atoms with Gasteiger partial charge in [0.05, 0.1) is 5.60 Å². The Morgan fingerprint density at radius 3 is 2.41 bits per heavy atom. The second-order valence-corrected chi connectivity index (χ2v) is 7.39. The number of rotatable bonds is 1. The summed E-state index contributed by atoms with van der Waals surface area (Å²) in [5.74, 6) is 4.19. The molecule has 1 N–H and O–H groups in total. The lowest BCUT2D eigenvalue weighted by atomic mass is 9.64. The molecule has 96 valence electrons. The summed E-state index contributed by atoms with van der Waals surface area (Å²) in [6, 6.07) is 0. The normalized spacial score (nSPS) is 54.2. The molecule has 0 spiro atoms. The Kier molecular flexibility index (Phi) is 2.38. The fourth-order valence-electron chi connectivity index (χ4n) is 6.23. The van der Waals surface area contributed by atoms with Crippen LogP contribution >= 0.6 is 0 Å². The average molecular weight is 234 g/mol. The van der Waals surface area contributed by atoms with E-state index in [-0.39, 0.29) is 5.60 Å². The van der Waals surface area contributed by atoms with Gasteiger partial charge in [0.2, 0.25) is 0 Å². The molecule has 0 aromatic rings. The predicted octanol–water partition coefficient (Wildman–Crippen LogP) is 3.75. The molecule has 0 radical (unpaired) electrons. The van der Waals surface area contributed by atoms with Crippen molar-refractivity contribution in [1.82, 2.24) is 0 Å². The summed E-state index contributed by atoms with van der Waals surface area (Å²) in [7, 11) is 0. The average Bonchev–Trinajstić information content (AvgIpc) is 3.00. The van der Waals surface area contributed by atoms with Crippen molar-refractivity contribution in [2.45, 2.75) is 69.8 Å². The molecule has 0 amide bonds. The zero-order valence-electron chi connectivity index (χ0n) is 10.9. The van der Waals surface area contributed by atoms with Crippen molar-refractivity contribution >= 4 is 0 Å². The van der Waals surface area contributed by atoms with Crippen molar-refractivity contribution in [3.63, 3.8) is 0 Å². The van der Waals surface area contributed by atoms with E-state index in [0.29, 0.717) is 11.8 Å². The molecule has 17 heavy (non-hydrogen) atoms. The van der Waals surface area contributed by atoms with Crippen LogP contribution in [-0.4, -0.2) is 10.7 Å². The largest absolute Gasteiger partial charge is 0.389 e. The molecule has 5 unspecified atom stereocenters. The first-order valence-electron chi connectivity index (χ1n) is 8.01. The minimum absolute atomic E-state index is 0.226. The Morgan fingerprint density at radius 1 is 0.824 bits per heavy atom. The molecule has 0 aromatic carbocycles.